The van der Waals surface area contributed by atoms with E-state index < -0.39 is 0 Å². The molecule has 0 aliphatic heterocycles. The third-order valence-electron chi connectivity index (χ3n) is 4.28. The van der Waals surface area contributed by atoms with E-state index in [4.69, 9.17) is 0 Å². The van der Waals surface area contributed by atoms with E-state index in [2.05, 4.69) is 10.3 Å². The van der Waals surface area contributed by atoms with Gasteiger partial charge in [-0.2, -0.15) is 0 Å². The van der Waals surface area contributed by atoms with Crippen molar-refractivity contribution in [2.45, 2.75) is 32.1 Å². The average molecular weight is 451 g/mol. The highest BCUT2D eigenvalue weighted by atomic mass is 32.2. The van der Waals surface area contributed by atoms with Crippen LogP contribution in [0.2, 0.25) is 0 Å². The van der Waals surface area contributed by atoms with Gasteiger partial charge in [-0.25, -0.2) is 4.98 Å². The number of amides is 2. The van der Waals surface area contributed by atoms with Crippen molar-refractivity contribution < 1.29 is 9.59 Å². The number of aromatic nitrogens is 2. The lowest BCUT2D eigenvalue weighted by Crippen LogP contribution is -2.41. The van der Waals surface area contributed by atoms with Crippen LogP contribution in [0.25, 0.3) is 10.2 Å². The summed E-state index contributed by atoms with van der Waals surface area (Å²) in [6.07, 6.45) is 0. The molecule has 3 aromatic rings. The van der Waals surface area contributed by atoms with Gasteiger partial charge in [0.1, 0.15) is 4.70 Å². The summed E-state index contributed by atoms with van der Waals surface area (Å²) in [5.41, 5.74) is 0.572. The van der Waals surface area contributed by atoms with Crippen LogP contribution in [-0.4, -0.2) is 45.1 Å². The van der Waals surface area contributed by atoms with Crippen LogP contribution in [0.15, 0.2) is 38.9 Å². The number of thioether (sulfide) groups is 1. The molecule has 10 heteroatoms. The molecular weight excluding hydrogens is 428 g/mol. The normalized spacial score (nSPS) is 11.0. The molecular formula is C19H22N4O3S3. The van der Waals surface area contributed by atoms with Gasteiger partial charge in [-0.3, -0.25) is 19.0 Å². The molecule has 3 rings (SSSR count). The average Bonchev–Trinajstić information content (AvgIpc) is 3.40. The Hall–Kier alpha value is -2.17. The highest BCUT2D eigenvalue weighted by Gasteiger charge is 2.18. The van der Waals surface area contributed by atoms with Crippen LogP contribution >= 0.6 is 34.4 Å². The van der Waals surface area contributed by atoms with Gasteiger partial charge in [0.15, 0.2) is 5.16 Å². The Morgan fingerprint density at radius 1 is 1.24 bits per heavy atom. The predicted octanol–water partition coefficient (Wildman–Crippen LogP) is 2.80. The van der Waals surface area contributed by atoms with Gasteiger partial charge in [-0.05, 0) is 36.7 Å². The molecule has 0 radical (unpaired) electrons. The third kappa shape index (κ3) is 5.26. The molecule has 0 bridgehead atoms. The molecule has 1 N–H and O–H groups in total. The molecule has 3 aromatic heterocycles. The molecule has 0 atom stereocenters. The Balaban J connectivity index is 1.60. The molecule has 3 heterocycles. The first-order valence-electron chi connectivity index (χ1n) is 9.21. The van der Waals surface area contributed by atoms with Crippen molar-refractivity contribution >= 4 is 56.5 Å². The van der Waals surface area contributed by atoms with Gasteiger partial charge >= 0.3 is 0 Å². The van der Waals surface area contributed by atoms with Crippen molar-refractivity contribution in [3.05, 3.63) is 44.2 Å². The van der Waals surface area contributed by atoms with Gasteiger partial charge in [0, 0.05) is 18.0 Å². The zero-order valence-electron chi connectivity index (χ0n) is 16.2. The van der Waals surface area contributed by atoms with Crippen LogP contribution in [0.1, 0.15) is 18.7 Å². The first-order valence-corrected chi connectivity index (χ1v) is 12.0. The summed E-state index contributed by atoms with van der Waals surface area (Å²) in [5, 5.41) is 7.15. The van der Waals surface area contributed by atoms with Crippen LogP contribution in [0.4, 0.5) is 0 Å². The Bertz CT molecular complexity index is 1040. The zero-order valence-corrected chi connectivity index (χ0v) is 18.7. The monoisotopic (exact) mass is 450 g/mol. The van der Waals surface area contributed by atoms with Crippen LogP contribution in [0.5, 0.6) is 0 Å². The van der Waals surface area contributed by atoms with Crippen molar-refractivity contribution in [1.29, 1.82) is 0 Å². The Labute approximate surface area is 180 Å². The molecule has 154 valence electrons. The maximum Gasteiger partial charge on any atom is 0.272 e. The zero-order chi connectivity index (χ0) is 20.8. The lowest BCUT2D eigenvalue weighted by atomic mass is 10.4. The van der Waals surface area contributed by atoms with E-state index in [0.717, 1.165) is 4.88 Å². The van der Waals surface area contributed by atoms with Crippen molar-refractivity contribution in [2.24, 2.45) is 0 Å². The van der Waals surface area contributed by atoms with Crippen LogP contribution in [0, 0.1) is 0 Å². The topological polar surface area (TPSA) is 84.3 Å². The summed E-state index contributed by atoms with van der Waals surface area (Å²) in [7, 11) is 0. The van der Waals surface area contributed by atoms with E-state index in [1.165, 1.54) is 28.0 Å². The molecule has 2 amide bonds. The van der Waals surface area contributed by atoms with Gasteiger partial charge in [0.25, 0.3) is 5.56 Å². The first kappa shape index (κ1) is 21.5. The van der Waals surface area contributed by atoms with Crippen LogP contribution in [-0.2, 0) is 22.7 Å². The number of carbonyl (C=O) groups is 2. The van der Waals surface area contributed by atoms with E-state index >= 15 is 0 Å². The van der Waals surface area contributed by atoms with Gasteiger partial charge in [0.05, 0.1) is 24.4 Å². The van der Waals surface area contributed by atoms with E-state index in [0.29, 0.717) is 35.0 Å². The number of carbonyl (C=O) groups excluding carboxylic acids is 2. The summed E-state index contributed by atoms with van der Waals surface area (Å²) >= 11 is 4.18. The minimum atomic E-state index is -0.193. The highest BCUT2D eigenvalue weighted by Crippen LogP contribution is 2.21. The summed E-state index contributed by atoms with van der Waals surface area (Å²) in [6.45, 7) is 5.11. The minimum Gasteiger partial charge on any atom is -0.350 e. The maximum absolute atomic E-state index is 12.6. The van der Waals surface area contributed by atoms with Crippen LogP contribution in [0.3, 0.4) is 0 Å². The minimum absolute atomic E-state index is 0.0127. The van der Waals surface area contributed by atoms with Crippen molar-refractivity contribution in [2.75, 3.05) is 18.8 Å². The second-order valence-corrected chi connectivity index (χ2v) is 9.02. The number of hydrogen-bond donors (Lipinski definition) is 1. The number of likely N-dealkylation sites (N-methyl/N-ethyl adjacent to an activating group) is 1. The quantitative estimate of drug-likeness (QED) is 0.400. The largest absolute Gasteiger partial charge is 0.350 e. The Morgan fingerprint density at radius 3 is 2.76 bits per heavy atom. The first-order chi connectivity index (χ1) is 14.0. The van der Waals surface area contributed by atoms with E-state index in [1.807, 2.05) is 42.8 Å². The molecule has 0 unspecified atom stereocenters. The fourth-order valence-corrected chi connectivity index (χ4v) is 5.12. The maximum atomic E-state index is 12.6. The van der Waals surface area contributed by atoms with Crippen molar-refractivity contribution in [3.8, 4) is 0 Å². The van der Waals surface area contributed by atoms with Gasteiger partial charge in [-0.1, -0.05) is 17.8 Å². The van der Waals surface area contributed by atoms with Crippen molar-refractivity contribution in [3.63, 3.8) is 0 Å². The summed E-state index contributed by atoms with van der Waals surface area (Å²) in [4.78, 5) is 44.5. The predicted molar refractivity (Wildman–Crippen MR) is 119 cm³/mol. The van der Waals surface area contributed by atoms with E-state index in [1.54, 1.807) is 15.9 Å². The molecule has 0 aromatic carbocycles. The number of rotatable bonds is 9. The Morgan fingerprint density at radius 2 is 2.07 bits per heavy atom. The van der Waals surface area contributed by atoms with Gasteiger partial charge in [-0.15, -0.1) is 22.7 Å². The highest BCUT2D eigenvalue weighted by molar-refractivity contribution is 7.99. The number of nitrogens with zero attached hydrogens (tertiary/aromatic N) is 3. The number of fused-ring (bicyclic) bond motifs is 1. The summed E-state index contributed by atoms with van der Waals surface area (Å²) in [5.74, 6) is -0.235. The van der Waals surface area contributed by atoms with Crippen LogP contribution < -0.4 is 10.9 Å². The standard InChI is InChI=1S/C19H22N4O3S3/c1-3-22(11-15(24)20-10-13-6-5-8-27-13)16(25)12-29-19-21-14-7-9-28-17(14)18(26)23(19)4-2/h5-9H,3-4,10-12H2,1-2H3,(H,20,24). The Kier molecular flexibility index (Phi) is 7.45. The van der Waals surface area contributed by atoms with Crippen molar-refractivity contribution in [1.82, 2.24) is 19.8 Å². The van der Waals surface area contributed by atoms with Gasteiger partial charge in [0.2, 0.25) is 11.8 Å². The fourth-order valence-electron chi connectivity index (χ4n) is 2.73. The lowest BCUT2D eigenvalue weighted by Gasteiger charge is -2.20. The lowest BCUT2D eigenvalue weighted by molar-refractivity contribution is -0.133. The molecule has 0 saturated heterocycles. The number of nitrogens with one attached hydrogen (secondary N) is 1. The van der Waals surface area contributed by atoms with E-state index in [-0.39, 0.29) is 29.7 Å². The summed E-state index contributed by atoms with van der Waals surface area (Å²) in [6, 6.07) is 5.70. The number of hydrogen-bond acceptors (Lipinski definition) is 7. The summed E-state index contributed by atoms with van der Waals surface area (Å²) < 4.78 is 2.21. The molecule has 0 saturated carbocycles. The molecule has 0 spiro atoms. The molecule has 0 aliphatic carbocycles. The third-order valence-corrected chi connectivity index (χ3v) is 7.01. The molecule has 29 heavy (non-hydrogen) atoms. The number of thiophene rings is 2. The molecule has 0 aliphatic rings. The SMILES string of the molecule is CCN(CC(=O)NCc1cccs1)C(=O)CSc1nc2ccsc2c(=O)n1CC. The second kappa shape index (κ2) is 10.0. The van der Waals surface area contributed by atoms with Gasteiger partial charge < -0.3 is 10.2 Å². The molecule has 0 fully saturated rings. The fraction of sp³-hybridized carbons (Fsp3) is 0.368. The molecule has 7 nitrogen and oxygen atoms in total. The second-order valence-electron chi connectivity index (χ2n) is 6.13. The smallest absolute Gasteiger partial charge is 0.272 e. The van der Waals surface area contributed by atoms with E-state index in [9.17, 15) is 14.4 Å².